The summed E-state index contributed by atoms with van der Waals surface area (Å²) in [6.07, 6.45) is 0. The summed E-state index contributed by atoms with van der Waals surface area (Å²) in [5, 5.41) is 20.7. The maximum atomic E-state index is 5.38. The lowest BCUT2D eigenvalue weighted by molar-refractivity contribution is 0.442. The Kier molecular flexibility index (Phi) is 3.37. The summed E-state index contributed by atoms with van der Waals surface area (Å²) in [5.74, 6) is 0.669. The Hall–Kier alpha value is -2.41. The van der Waals surface area contributed by atoms with Crippen molar-refractivity contribution < 1.29 is 4.74 Å². The van der Waals surface area contributed by atoms with Gasteiger partial charge in [-0.05, 0) is 51.9 Å². The van der Waals surface area contributed by atoms with Crippen LogP contribution in [-0.2, 0) is 6.54 Å². The van der Waals surface area contributed by atoms with Crippen LogP contribution in [0.2, 0.25) is 0 Å². The normalized spacial score (nSPS) is 10.3. The Morgan fingerprint density at radius 3 is 2.79 bits per heavy atom. The first-order valence-electron chi connectivity index (χ1n) is 5.66. The molecule has 0 spiro atoms. The molecule has 2 N–H and O–H groups in total. The molecule has 0 atom stereocenters. The van der Waals surface area contributed by atoms with Crippen LogP contribution in [0, 0.1) is 0 Å². The van der Waals surface area contributed by atoms with Crippen LogP contribution in [0.3, 0.4) is 0 Å². The fraction of sp³-hybridized carbons (Fsp3) is 0.0833. The van der Waals surface area contributed by atoms with Crippen LogP contribution < -0.4 is 10.1 Å². The Bertz CT molecular complexity index is 606. The minimum atomic E-state index is 0.207. The number of tetrazole rings is 1. The van der Waals surface area contributed by atoms with Crippen molar-refractivity contribution in [2.75, 3.05) is 5.32 Å². The Balaban J connectivity index is 1.59. The minimum absolute atomic E-state index is 0.207. The average Bonchev–Trinajstić information content (AvgIpc) is 3.11. The average molecular weight is 273 g/mol. The van der Waals surface area contributed by atoms with E-state index in [-0.39, 0.29) is 6.01 Å². The van der Waals surface area contributed by atoms with Crippen molar-refractivity contribution in [1.29, 1.82) is 0 Å². The molecule has 2 aromatic heterocycles. The highest BCUT2D eigenvalue weighted by Crippen LogP contribution is 2.20. The summed E-state index contributed by atoms with van der Waals surface area (Å²) in [7, 11) is 0. The first kappa shape index (κ1) is 11.7. The van der Waals surface area contributed by atoms with Crippen LogP contribution in [-0.4, -0.2) is 20.6 Å². The van der Waals surface area contributed by atoms with E-state index in [0.717, 1.165) is 12.2 Å². The van der Waals surface area contributed by atoms with Crippen LogP contribution in [0.15, 0.2) is 41.1 Å². The fourth-order valence-electron chi connectivity index (χ4n) is 1.54. The lowest BCUT2D eigenvalue weighted by atomic mass is 10.3. The van der Waals surface area contributed by atoms with Crippen molar-refractivity contribution in [3.63, 3.8) is 0 Å². The second-order valence-electron chi connectivity index (χ2n) is 3.81. The standard InChI is InChI=1S/C12H11N5OS/c1-3-11(18-12-14-16-17-15-12)4-2-10(1)13-7-9-5-6-19-8-9/h1-6,8,13H,7H2,(H,14,15,16,17). The predicted octanol–water partition coefficient (Wildman–Crippen LogP) is 2.67. The molecule has 0 fully saturated rings. The summed E-state index contributed by atoms with van der Waals surface area (Å²) in [5.41, 5.74) is 2.31. The van der Waals surface area contributed by atoms with E-state index in [4.69, 9.17) is 4.74 Å². The summed E-state index contributed by atoms with van der Waals surface area (Å²) in [4.78, 5) is 0. The molecule has 96 valence electrons. The van der Waals surface area contributed by atoms with Gasteiger partial charge >= 0.3 is 6.01 Å². The van der Waals surface area contributed by atoms with E-state index in [9.17, 15) is 0 Å². The predicted molar refractivity (Wildman–Crippen MR) is 72.3 cm³/mol. The first-order chi connectivity index (χ1) is 9.40. The number of aromatic amines is 1. The van der Waals surface area contributed by atoms with Gasteiger partial charge in [0.25, 0.3) is 0 Å². The van der Waals surface area contributed by atoms with Gasteiger partial charge in [-0.1, -0.05) is 10.2 Å². The Morgan fingerprint density at radius 1 is 1.21 bits per heavy atom. The molecule has 0 radical (unpaired) electrons. The van der Waals surface area contributed by atoms with Crippen molar-refractivity contribution in [2.45, 2.75) is 6.54 Å². The number of anilines is 1. The second-order valence-corrected chi connectivity index (χ2v) is 4.59. The molecule has 6 nitrogen and oxygen atoms in total. The SMILES string of the molecule is c1cc(CNc2ccc(Oc3nn[nH]n3)cc2)cs1. The van der Waals surface area contributed by atoms with E-state index in [0.29, 0.717) is 5.75 Å². The van der Waals surface area contributed by atoms with Gasteiger partial charge < -0.3 is 10.1 Å². The first-order valence-corrected chi connectivity index (χ1v) is 6.61. The van der Waals surface area contributed by atoms with Gasteiger partial charge in [0.1, 0.15) is 5.75 Å². The molecule has 2 heterocycles. The number of benzene rings is 1. The van der Waals surface area contributed by atoms with E-state index < -0.39 is 0 Å². The highest BCUT2D eigenvalue weighted by molar-refractivity contribution is 7.07. The molecule has 0 amide bonds. The molecule has 19 heavy (non-hydrogen) atoms. The molecular weight excluding hydrogens is 262 g/mol. The molecule has 0 saturated carbocycles. The smallest absolute Gasteiger partial charge is 0.361 e. The molecule has 1 aromatic carbocycles. The lowest BCUT2D eigenvalue weighted by Crippen LogP contribution is -1.97. The van der Waals surface area contributed by atoms with Gasteiger partial charge in [-0.3, -0.25) is 0 Å². The zero-order valence-corrected chi connectivity index (χ0v) is 10.7. The van der Waals surface area contributed by atoms with E-state index in [1.54, 1.807) is 11.3 Å². The zero-order valence-electron chi connectivity index (χ0n) is 9.91. The topological polar surface area (TPSA) is 75.7 Å². The summed E-state index contributed by atoms with van der Waals surface area (Å²) >= 11 is 1.70. The van der Waals surface area contributed by atoms with E-state index in [2.05, 4.69) is 42.8 Å². The van der Waals surface area contributed by atoms with E-state index in [1.165, 1.54) is 5.56 Å². The van der Waals surface area contributed by atoms with Gasteiger partial charge in [0.05, 0.1) is 0 Å². The number of nitrogens with one attached hydrogen (secondary N) is 2. The van der Waals surface area contributed by atoms with Gasteiger partial charge in [-0.2, -0.15) is 16.6 Å². The molecule has 0 aliphatic carbocycles. The summed E-state index contributed by atoms with van der Waals surface area (Å²) in [6, 6.07) is 9.91. The molecule has 3 rings (SSSR count). The van der Waals surface area contributed by atoms with Crippen LogP contribution in [0.25, 0.3) is 0 Å². The molecule has 3 aromatic rings. The van der Waals surface area contributed by atoms with Crippen LogP contribution in [0.4, 0.5) is 5.69 Å². The van der Waals surface area contributed by atoms with Crippen LogP contribution >= 0.6 is 11.3 Å². The number of hydrogen-bond acceptors (Lipinski definition) is 6. The van der Waals surface area contributed by atoms with Gasteiger partial charge in [0.15, 0.2) is 0 Å². The third kappa shape index (κ3) is 3.08. The van der Waals surface area contributed by atoms with Crippen molar-refractivity contribution in [1.82, 2.24) is 20.6 Å². The second kappa shape index (κ2) is 5.49. The number of nitrogens with zero attached hydrogens (tertiary/aromatic N) is 3. The largest absolute Gasteiger partial charge is 0.422 e. The summed E-state index contributed by atoms with van der Waals surface area (Å²) < 4.78 is 5.38. The van der Waals surface area contributed by atoms with E-state index in [1.807, 2.05) is 24.3 Å². The van der Waals surface area contributed by atoms with Crippen LogP contribution in [0.1, 0.15) is 5.56 Å². The maximum absolute atomic E-state index is 5.38. The minimum Gasteiger partial charge on any atom is -0.422 e. The monoisotopic (exact) mass is 273 g/mol. The number of ether oxygens (including phenoxy) is 1. The third-order valence-electron chi connectivity index (χ3n) is 2.47. The van der Waals surface area contributed by atoms with Gasteiger partial charge in [-0.15, -0.1) is 0 Å². The number of rotatable bonds is 5. The van der Waals surface area contributed by atoms with Crippen molar-refractivity contribution in [3.8, 4) is 11.8 Å². The van der Waals surface area contributed by atoms with Gasteiger partial charge in [-0.25, -0.2) is 0 Å². The van der Waals surface area contributed by atoms with Gasteiger partial charge in [0, 0.05) is 12.2 Å². The zero-order chi connectivity index (χ0) is 12.9. The number of thiophene rings is 1. The number of aromatic nitrogens is 4. The highest BCUT2D eigenvalue weighted by Gasteiger charge is 2.01. The van der Waals surface area contributed by atoms with Crippen molar-refractivity contribution in [3.05, 3.63) is 46.7 Å². The maximum Gasteiger partial charge on any atom is 0.361 e. The number of hydrogen-bond donors (Lipinski definition) is 2. The highest BCUT2D eigenvalue weighted by atomic mass is 32.1. The molecule has 7 heteroatoms. The molecule has 0 aliphatic rings. The van der Waals surface area contributed by atoms with Crippen LogP contribution in [0.5, 0.6) is 11.8 Å². The van der Waals surface area contributed by atoms with E-state index >= 15 is 0 Å². The number of H-pyrrole nitrogens is 1. The molecule has 0 aliphatic heterocycles. The quantitative estimate of drug-likeness (QED) is 0.747. The molecule has 0 saturated heterocycles. The third-order valence-corrected chi connectivity index (χ3v) is 3.20. The van der Waals surface area contributed by atoms with Crippen molar-refractivity contribution >= 4 is 17.0 Å². The molecular formula is C12H11N5OS. The van der Waals surface area contributed by atoms with Crippen molar-refractivity contribution in [2.24, 2.45) is 0 Å². The lowest BCUT2D eigenvalue weighted by Gasteiger charge is -2.06. The Morgan fingerprint density at radius 2 is 2.11 bits per heavy atom. The Labute approximate surface area is 113 Å². The molecule has 0 unspecified atom stereocenters. The fourth-order valence-corrected chi connectivity index (χ4v) is 2.21. The van der Waals surface area contributed by atoms with Gasteiger partial charge in [0.2, 0.25) is 0 Å². The molecule has 0 bridgehead atoms. The summed E-state index contributed by atoms with van der Waals surface area (Å²) in [6.45, 7) is 0.814.